The van der Waals surface area contributed by atoms with Gasteiger partial charge < -0.3 is 20.2 Å². The molecule has 0 aliphatic carbocycles. The topological polar surface area (TPSA) is 104 Å². The van der Waals surface area contributed by atoms with Crippen LogP contribution < -0.4 is 16.0 Å². The Morgan fingerprint density at radius 3 is 2.83 bits per heavy atom. The highest BCUT2D eigenvalue weighted by Crippen LogP contribution is 2.26. The summed E-state index contributed by atoms with van der Waals surface area (Å²) in [6, 6.07) is 14.5. The summed E-state index contributed by atoms with van der Waals surface area (Å²) < 4.78 is 5.81. The molecule has 2 heterocycles. The first-order chi connectivity index (χ1) is 14.0. The molecule has 4 N–H and O–H groups in total. The van der Waals surface area contributed by atoms with Crippen molar-refractivity contribution in [1.82, 2.24) is 10.6 Å². The van der Waals surface area contributed by atoms with E-state index < -0.39 is 11.5 Å². The van der Waals surface area contributed by atoms with Crippen LogP contribution in [0.3, 0.4) is 0 Å². The smallest absolute Gasteiger partial charge is 0.288 e. The van der Waals surface area contributed by atoms with Gasteiger partial charge in [-0.2, -0.15) is 0 Å². The highest BCUT2D eigenvalue weighted by atomic mass is 35.5. The number of anilines is 1. The molecule has 0 radical (unpaired) electrons. The van der Waals surface area contributed by atoms with Crippen LogP contribution >= 0.6 is 23.4 Å². The van der Waals surface area contributed by atoms with Crippen molar-refractivity contribution < 1.29 is 19.1 Å². The van der Waals surface area contributed by atoms with E-state index in [9.17, 15) is 14.7 Å². The zero-order valence-corrected chi connectivity index (χ0v) is 16.7. The van der Waals surface area contributed by atoms with E-state index in [-0.39, 0.29) is 11.1 Å². The molecule has 2 amide bonds. The fraction of sp³-hybridized carbons (Fsp3) is 0.200. The first-order valence-corrected chi connectivity index (χ1v) is 10.2. The molecule has 4 rings (SSSR count). The molecule has 2 aromatic carbocycles. The third kappa shape index (κ3) is 4.73. The number of aliphatic hydroxyl groups is 1. The van der Waals surface area contributed by atoms with Gasteiger partial charge in [0.2, 0.25) is 0 Å². The van der Waals surface area contributed by atoms with E-state index >= 15 is 0 Å². The van der Waals surface area contributed by atoms with E-state index in [4.69, 9.17) is 16.0 Å². The number of thioether (sulfide) groups is 1. The van der Waals surface area contributed by atoms with Crippen molar-refractivity contribution in [1.29, 1.82) is 0 Å². The molecule has 2 atom stereocenters. The second-order valence-corrected chi connectivity index (χ2v) is 8.10. The fourth-order valence-electron chi connectivity index (χ4n) is 3.04. The highest BCUT2D eigenvalue weighted by Gasteiger charge is 2.31. The lowest BCUT2D eigenvalue weighted by Gasteiger charge is -2.11. The molecule has 3 aromatic rings. The maximum absolute atomic E-state index is 11.7. The monoisotopic (exact) mass is 431 g/mol. The number of imide groups is 1. The molecular formula is C20H18ClN3O4S. The van der Waals surface area contributed by atoms with Crippen molar-refractivity contribution in [2.75, 3.05) is 11.9 Å². The minimum absolute atomic E-state index is 0.351. The van der Waals surface area contributed by atoms with Gasteiger partial charge >= 0.3 is 0 Å². The standard InChI is InChI=1S/C20H18ClN3O4S/c21-13-3-1-2-11(6-13)16(25)10-22-9-15-8-12-7-14(4-5-17(12)28-15)23-19-18(26)24-20(27)29-19/h1-8,16,19,22-23,25H,9-10H2,(H,24,26,27)/t16-,19?/m1/s1. The lowest BCUT2D eigenvalue weighted by atomic mass is 10.1. The van der Waals surface area contributed by atoms with Gasteiger partial charge in [-0.25, -0.2) is 0 Å². The van der Waals surface area contributed by atoms with Gasteiger partial charge in [-0.1, -0.05) is 23.7 Å². The lowest BCUT2D eigenvalue weighted by Crippen LogP contribution is -2.29. The summed E-state index contributed by atoms with van der Waals surface area (Å²) in [5.74, 6) is 0.369. The van der Waals surface area contributed by atoms with Gasteiger partial charge in [0.1, 0.15) is 11.3 Å². The molecule has 150 valence electrons. The summed E-state index contributed by atoms with van der Waals surface area (Å²) in [7, 11) is 0. The Morgan fingerprint density at radius 2 is 2.07 bits per heavy atom. The third-order valence-corrected chi connectivity index (χ3v) is 5.54. The number of furan rings is 1. The molecule has 0 spiro atoms. The number of nitrogens with one attached hydrogen (secondary N) is 3. The van der Waals surface area contributed by atoms with Gasteiger partial charge in [-0.05, 0) is 53.7 Å². The molecule has 1 aliphatic heterocycles. The molecule has 0 saturated carbocycles. The zero-order chi connectivity index (χ0) is 20.4. The van der Waals surface area contributed by atoms with E-state index in [1.165, 1.54) is 0 Å². The van der Waals surface area contributed by atoms with E-state index in [0.29, 0.717) is 23.7 Å². The van der Waals surface area contributed by atoms with E-state index in [0.717, 1.165) is 34.2 Å². The van der Waals surface area contributed by atoms with Crippen molar-refractivity contribution in [2.45, 2.75) is 18.0 Å². The largest absolute Gasteiger partial charge is 0.460 e. The number of benzene rings is 2. The average Bonchev–Trinajstić information content (AvgIpc) is 3.23. The number of aliphatic hydroxyl groups excluding tert-OH is 1. The second kappa shape index (κ2) is 8.46. The molecule has 9 heteroatoms. The normalized spacial score (nSPS) is 17.5. The summed E-state index contributed by atoms with van der Waals surface area (Å²) in [5.41, 5.74) is 2.18. The number of carbonyl (C=O) groups is 2. The first-order valence-electron chi connectivity index (χ1n) is 8.93. The molecule has 1 aromatic heterocycles. The zero-order valence-electron chi connectivity index (χ0n) is 15.1. The Bertz CT molecular complexity index is 1070. The van der Waals surface area contributed by atoms with Gasteiger partial charge in [0.15, 0.2) is 5.37 Å². The predicted octanol–water partition coefficient (Wildman–Crippen LogP) is 3.63. The van der Waals surface area contributed by atoms with Crippen molar-refractivity contribution in [3.63, 3.8) is 0 Å². The fourth-order valence-corrected chi connectivity index (χ4v) is 3.97. The Labute approximate surface area is 175 Å². The van der Waals surface area contributed by atoms with Crippen LogP contribution in [0.4, 0.5) is 10.5 Å². The summed E-state index contributed by atoms with van der Waals surface area (Å²) in [4.78, 5) is 23.0. The number of hydrogen-bond acceptors (Lipinski definition) is 7. The SMILES string of the molecule is O=C1NC(=O)C(Nc2ccc3oc(CNC[C@@H](O)c4cccc(Cl)c4)cc3c2)S1. The summed E-state index contributed by atoms with van der Waals surface area (Å²) in [6.45, 7) is 0.802. The van der Waals surface area contributed by atoms with Crippen LogP contribution in [0.1, 0.15) is 17.4 Å². The van der Waals surface area contributed by atoms with E-state index in [2.05, 4.69) is 16.0 Å². The molecule has 1 unspecified atom stereocenters. The average molecular weight is 432 g/mol. The minimum Gasteiger partial charge on any atom is -0.460 e. The molecule has 29 heavy (non-hydrogen) atoms. The quantitative estimate of drug-likeness (QED) is 0.453. The van der Waals surface area contributed by atoms with Gasteiger partial charge in [0.25, 0.3) is 11.1 Å². The molecule has 1 fully saturated rings. The number of halogens is 1. The molecule has 0 bridgehead atoms. The maximum Gasteiger partial charge on any atom is 0.288 e. The van der Waals surface area contributed by atoms with Crippen LogP contribution in [0.2, 0.25) is 5.02 Å². The third-order valence-electron chi connectivity index (χ3n) is 4.42. The molecular weight excluding hydrogens is 414 g/mol. The van der Waals surface area contributed by atoms with Crippen LogP contribution in [-0.4, -0.2) is 28.2 Å². The lowest BCUT2D eigenvalue weighted by molar-refractivity contribution is -0.118. The summed E-state index contributed by atoms with van der Waals surface area (Å²) in [6.07, 6.45) is -0.674. The summed E-state index contributed by atoms with van der Waals surface area (Å²) >= 11 is 6.87. The predicted molar refractivity (Wildman–Crippen MR) is 113 cm³/mol. The Hall–Kier alpha value is -2.52. The van der Waals surface area contributed by atoms with Crippen molar-refractivity contribution in [3.8, 4) is 0 Å². The van der Waals surface area contributed by atoms with Gasteiger partial charge in [-0.15, -0.1) is 0 Å². The van der Waals surface area contributed by atoms with Crippen LogP contribution in [-0.2, 0) is 11.3 Å². The Morgan fingerprint density at radius 1 is 1.21 bits per heavy atom. The minimum atomic E-state index is -0.674. The Balaban J connectivity index is 1.36. The second-order valence-electron chi connectivity index (χ2n) is 6.59. The van der Waals surface area contributed by atoms with Crippen LogP contribution in [0.5, 0.6) is 0 Å². The number of hydrogen-bond donors (Lipinski definition) is 4. The number of carbonyl (C=O) groups excluding carboxylic acids is 2. The Kier molecular flexibility index (Phi) is 5.77. The van der Waals surface area contributed by atoms with Gasteiger partial charge in [0.05, 0.1) is 12.6 Å². The molecule has 1 saturated heterocycles. The molecule has 7 nitrogen and oxygen atoms in total. The van der Waals surface area contributed by atoms with Crippen molar-refractivity contribution in [2.24, 2.45) is 0 Å². The van der Waals surface area contributed by atoms with E-state index in [1.54, 1.807) is 30.3 Å². The van der Waals surface area contributed by atoms with Crippen LogP contribution in [0, 0.1) is 0 Å². The number of fused-ring (bicyclic) bond motifs is 1. The number of rotatable bonds is 7. The first kappa shape index (κ1) is 19.8. The van der Waals surface area contributed by atoms with Crippen LogP contribution in [0.15, 0.2) is 52.9 Å². The van der Waals surface area contributed by atoms with Gasteiger partial charge in [-0.3, -0.25) is 14.9 Å². The van der Waals surface area contributed by atoms with Crippen LogP contribution in [0.25, 0.3) is 11.0 Å². The van der Waals surface area contributed by atoms with Crippen molar-refractivity contribution in [3.05, 3.63) is 64.9 Å². The number of amides is 2. The molecule has 1 aliphatic rings. The summed E-state index contributed by atoms with van der Waals surface area (Å²) in [5, 5.41) is 19.2. The van der Waals surface area contributed by atoms with Gasteiger partial charge in [0, 0.05) is 22.6 Å². The van der Waals surface area contributed by atoms with Crippen molar-refractivity contribution >= 4 is 51.2 Å². The highest BCUT2D eigenvalue weighted by molar-refractivity contribution is 8.15. The maximum atomic E-state index is 11.7. The van der Waals surface area contributed by atoms with E-state index in [1.807, 2.05) is 18.2 Å².